The third kappa shape index (κ3) is 7.90. The Bertz CT molecular complexity index is 1250. The van der Waals surface area contributed by atoms with E-state index in [2.05, 4.69) is 14.6 Å². The van der Waals surface area contributed by atoms with Gasteiger partial charge in [-0.2, -0.15) is 0 Å². The van der Waals surface area contributed by atoms with Crippen LogP contribution in [0.1, 0.15) is 32.4 Å². The van der Waals surface area contributed by atoms with Gasteiger partial charge in [0.1, 0.15) is 29.5 Å². The van der Waals surface area contributed by atoms with Gasteiger partial charge < -0.3 is 34.3 Å². The second-order valence-electron chi connectivity index (χ2n) is 9.01. The third-order valence-electron chi connectivity index (χ3n) is 5.99. The number of anilines is 1. The molecule has 2 heterocycles. The molecular weight excluding hydrogens is 545 g/mol. The summed E-state index contributed by atoms with van der Waals surface area (Å²) in [5.41, 5.74) is 0.956. The number of nitrogens with zero attached hydrogens (tertiary/aromatic N) is 4. The van der Waals surface area contributed by atoms with Gasteiger partial charge >= 0.3 is 17.5 Å². The van der Waals surface area contributed by atoms with Crippen LogP contribution >= 0.6 is 11.6 Å². The van der Waals surface area contributed by atoms with Gasteiger partial charge in [0, 0.05) is 38.0 Å². The predicted octanol–water partition coefficient (Wildman–Crippen LogP) is 5.74. The fourth-order valence-corrected chi connectivity index (χ4v) is 4.44. The third-order valence-corrected chi connectivity index (χ3v) is 6.27. The van der Waals surface area contributed by atoms with E-state index in [0.29, 0.717) is 37.4 Å². The Balaban J connectivity index is 1.32. The van der Waals surface area contributed by atoms with Gasteiger partial charge in [-0.15, -0.1) is 13.2 Å². The van der Waals surface area contributed by atoms with Gasteiger partial charge in [-0.25, -0.2) is 0 Å². The zero-order valence-corrected chi connectivity index (χ0v) is 21.5. The van der Waals surface area contributed by atoms with Gasteiger partial charge in [0.05, 0.1) is 6.10 Å². The van der Waals surface area contributed by atoms with Gasteiger partial charge in [-0.3, -0.25) is 4.57 Å². The minimum absolute atomic E-state index is 0.0801. The molecule has 1 saturated heterocycles. The van der Waals surface area contributed by atoms with Crippen LogP contribution in [0.25, 0.3) is 0 Å². The summed E-state index contributed by atoms with van der Waals surface area (Å²) >= 11 is 6.08. The molecule has 1 fully saturated rings. The van der Waals surface area contributed by atoms with Crippen LogP contribution in [0, 0.1) is 10.1 Å². The van der Waals surface area contributed by atoms with Crippen molar-refractivity contribution in [2.24, 2.45) is 0 Å². The van der Waals surface area contributed by atoms with Crippen molar-refractivity contribution in [3.8, 4) is 17.2 Å². The highest BCUT2D eigenvalue weighted by Gasteiger charge is 2.31. The first-order valence-corrected chi connectivity index (χ1v) is 12.5. The number of ether oxygens (including phenoxy) is 3. The molecule has 0 aliphatic carbocycles. The molecule has 2 atom stereocenters. The summed E-state index contributed by atoms with van der Waals surface area (Å²) in [7, 11) is 0. The number of imidazole rings is 1. The quantitative estimate of drug-likeness (QED) is 0.243. The van der Waals surface area contributed by atoms with Gasteiger partial charge in [0.25, 0.3) is 0 Å². The van der Waals surface area contributed by atoms with Crippen molar-refractivity contribution in [1.82, 2.24) is 9.55 Å². The van der Waals surface area contributed by atoms with Gasteiger partial charge in [-0.05, 0) is 77.0 Å². The zero-order chi connectivity index (χ0) is 28.2. The standard InChI is InChI=1S/C25H26ClF3N4O6/c1-16(34)14-23(32-15-22(33(35)36)30-24(32)26)38-19-4-2-17(3-5-19)31-12-10-20(11-13-31)37-18-6-8-21(9-7-18)39-25(27,28)29/h2-9,15-16,20,23,34H,10-14H2,1H3. The summed E-state index contributed by atoms with van der Waals surface area (Å²) in [4.78, 5) is 16.3. The molecule has 0 radical (unpaired) electrons. The monoisotopic (exact) mass is 570 g/mol. The van der Waals surface area contributed by atoms with Crippen LogP contribution in [-0.2, 0) is 0 Å². The first-order chi connectivity index (χ1) is 18.5. The molecule has 210 valence electrons. The van der Waals surface area contributed by atoms with E-state index in [1.807, 2.05) is 12.1 Å². The fourth-order valence-electron chi connectivity index (χ4n) is 4.20. The molecule has 0 bridgehead atoms. The van der Waals surface area contributed by atoms with E-state index in [9.17, 15) is 28.4 Å². The lowest BCUT2D eigenvalue weighted by Crippen LogP contribution is -2.38. The topological polar surface area (TPSA) is 112 Å². The maximum Gasteiger partial charge on any atom is 0.573 e. The molecular formula is C25H26ClF3N4O6. The highest BCUT2D eigenvalue weighted by molar-refractivity contribution is 6.28. The molecule has 1 N–H and O–H groups in total. The minimum atomic E-state index is -4.74. The maximum atomic E-state index is 12.3. The van der Waals surface area contributed by atoms with Crippen LogP contribution in [0.15, 0.2) is 54.7 Å². The number of piperidine rings is 1. The number of aliphatic hydroxyl groups excluding tert-OH is 1. The summed E-state index contributed by atoms with van der Waals surface area (Å²) in [6, 6.07) is 12.6. The molecule has 1 aromatic heterocycles. The molecule has 0 amide bonds. The number of alkyl halides is 3. The van der Waals surface area contributed by atoms with E-state index in [4.69, 9.17) is 21.1 Å². The molecule has 4 rings (SSSR count). The van der Waals surface area contributed by atoms with Crippen molar-refractivity contribution in [1.29, 1.82) is 0 Å². The Kier molecular flexibility index (Phi) is 8.70. The lowest BCUT2D eigenvalue weighted by molar-refractivity contribution is -0.389. The van der Waals surface area contributed by atoms with Crippen molar-refractivity contribution < 1.29 is 37.4 Å². The summed E-state index contributed by atoms with van der Waals surface area (Å²) < 4.78 is 54.1. The first kappa shape index (κ1) is 28.3. The van der Waals surface area contributed by atoms with Gasteiger partial charge in [0.2, 0.25) is 0 Å². The average molecular weight is 571 g/mol. The number of aliphatic hydroxyl groups is 1. The molecule has 0 spiro atoms. The van der Waals surface area contributed by atoms with Crippen LogP contribution in [0.3, 0.4) is 0 Å². The number of hydrogen-bond acceptors (Lipinski definition) is 8. The number of nitro groups is 1. The number of aromatic nitrogens is 2. The van der Waals surface area contributed by atoms with E-state index in [1.165, 1.54) is 35.0 Å². The average Bonchev–Trinajstić information content (AvgIpc) is 3.27. The number of halogens is 4. The zero-order valence-electron chi connectivity index (χ0n) is 20.8. The van der Waals surface area contributed by atoms with Crippen LogP contribution in [-0.4, -0.2) is 51.2 Å². The SMILES string of the molecule is CC(O)CC(Oc1ccc(N2CCC(Oc3ccc(OC(F)(F)F)cc3)CC2)cc1)n1cc([N+](=O)[O-])nc1Cl. The summed E-state index contributed by atoms with van der Waals surface area (Å²) in [5, 5.41) is 20.8. The molecule has 0 saturated carbocycles. The first-order valence-electron chi connectivity index (χ1n) is 12.1. The second-order valence-corrected chi connectivity index (χ2v) is 9.35. The largest absolute Gasteiger partial charge is 0.573 e. The predicted molar refractivity (Wildman–Crippen MR) is 135 cm³/mol. The van der Waals surface area contributed by atoms with Crippen molar-refractivity contribution in [2.45, 2.75) is 51.0 Å². The summed E-state index contributed by atoms with van der Waals surface area (Å²) in [5.74, 6) is 0.227. The van der Waals surface area contributed by atoms with Crippen molar-refractivity contribution in [2.75, 3.05) is 18.0 Å². The molecule has 2 unspecified atom stereocenters. The van der Waals surface area contributed by atoms with E-state index in [-0.39, 0.29) is 23.6 Å². The van der Waals surface area contributed by atoms with Crippen LogP contribution in [0.4, 0.5) is 24.7 Å². The highest BCUT2D eigenvalue weighted by Crippen LogP contribution is 2.30. The Morgan fingerprint density at radius 1 is 1.10 bits per heavy atom. The van der Waals surface area contributed by atoms with E-state index in [0.717, 1.165) is 5.69 Å². The Morgan fingerprint density at radius 3 is 2.23 bits per heavy atom. The second kappa shape index (κ2) is 12.0. The van der Waals surface area contributed by atoms with E-state index < -0.39 is 29.4 Å². The summed E-state index contributed by atoms with van der Waals surface area (Å²) in [6.07, 6.45) is -3.67. The Hall–Kier alpha value is -3.71. The number of rotatable bonds is 10. The van der Waals surface area contributed by atoms with E-state index >= 15 is 0 Å². The van der Waals surface area contributed by atoms with Gasteiger partial charge in [0.15, 0.2) is 6.23 Å². The molecule has 3 aromatic rings. The van der Waals surface area contributed by atoms with Crippen molar-refractivity contribution in [3.63, 3.8) is 0 Å². The van der Waals surface area contributed by atoms with Crippen LogP contribution < -0.4 is 19.1 Å². The summed E-state index contributed by atoms with van der Waals surface area (Å²) in [6.45, 7) is 2.99. The highest BCUT2D eigenvalue weighted by atomic mass is 35.5. The van der Waals surface area contributed by atoms with Crippen LogP contribution in [0.2, 0.25) is 5.28 Å². The molecule has 39 heavy (non-hydrogen) atoms. The minimum Gasteiger partial charge on any atom is -0.490 e. The van der Waals surface area contributed by atoms with E-state index in [1.54, 1.807) is 19.1 Å². The van der Waals surface area contributed by atoms with Crippen LogP contribution in [0.5, 0.6) is 17.2 Å². The molecule has 10 nitrogen and oxygen atoms in total. The number of hydrogen-bond donors (Lipinski definition) is 1. The maximum absolute atomic E-state index is 12.3. The van der Waals surface area contributed by atoms with Crippen molar-refractivity contribution >= 4 is 23.1 Å². The molecule has 1 aliphatic rings. The molecule has 2 aromatic carbocycles. The molecule has 14 heteroatoms. The Morgan fingerprint density at radius 2 is 1.69 bits per heavy atom. The fraction of sp³-hybridized carbons (Fsp3) is 0.400. The Labute approximate surface area is 226 Å². The number of benzene rings is 2. The lowest BCUT2D eigenvalue weighted by Gasteiger charge is -2.34. The normalized spacial score (nSPS) is 16.0. The van der Waals surface area contributed by atoms with Gasteiger partial charge in [-0.1, -0.05) is 0 Å². The lowest BCUT2D eigenvalue weighted by atomic mass is 10.1. The van der Waals surface area contributed by atoms with Crippen molar-refractivity contribution in [3.05, 3.63) is 70.1 Å². The molecule has 1 aliphatic heterocycles. The smallest absolute Gasteiger partial charge is 0.490 e.